The molecule has 1 heterocycles. The van der Waals surface area contributed by atoms with Crippen molar-refractivity contribution < 1.29 is 4.74 Å². The second-order valence-corrected chi connectivity index (χ2v) is 8.01. The Morgan fingerprint density at radius 3 is 2.38 bits per heavy atom. The van der Waals surface area contributed by atoms with Crippen molar-refractivity contribution in [1.82, 2.24) is 15.0 Å². The van der Waals surface area contributed by atoms with E-state index in [1.165, 1.54) is 38.5 Å². The molecule has 7 heteroatoms. The molecule has 4 unspecified atom stereocenters. The van der Waals surface area contributed by atoms with E-state index >= 15 is 0 Å². The predicted octanol–water partition coefficient (Wildman–Crippen LogP) is 4.50. The van der Waals surface area contributed by atoms with E-state index in [1.807, 2.05) is 0 Å². The van der Waals surface area contributed by atoms with Crippen molar-refractivity contribution in [3.63, 3.8) is 0 Å². The van der Waals surface area contributed by atoms with E-state index in [0.717, 1.165) is 12.8 Å². The Balaban J connectivity index is 1.54. The standard InChI is InChI=1S/C17H24Cl2N4O/c1-2-11-12-8-9-13(24-10-6-4-3-5-7-10)17(11,12)23-16-21-14(18)20-15(19)22-16/h10-13H,2-9H2,1H3,(H,20,21,22,23). The number of ether oxygens (including phenoxy) is 1. The Morgan fingerprint density at radius 2 is 1.75 bits per heavy atom. The van der Waals surface area contributed by atoms with Crippen LogP contribution in [0.25, 0.3) is 0 Å². The predicted molar refractivity (Wildman–Crippen MR) is 94.5 cm³/mol. The number of fused-ring (bicyclic) bond motifs is 1. The minimum absolute atomic E-state index is 0.0553. The normalized spacial score (nSPS) is 35.7. The van der Waals surface area contributed by atoms with Crippen molar-refractivity contribution >= 4 is 29.2 Å². The van der Waals surface area contributed by atoms with Crippen molar-refractivity contribution in [2.45, 2.75) is 76.0 Å². The first-order chi connectivity index (χ1) is 11.6. The molecule has 0 saturated heterocycles. The second-order valence-electron chi connectivity index (χ2n) is 7.34. The Morgan fingerprint density at radius 1 is 1.04 bits per heavy atom. The molecule has 3 fully saturated rings. The molecule has 3 saturated carbocycles. The molecular weight excluding hydrogens is 347 g/mol. The highest BCUT2D eigenvalue weighted by Crippen LogP contribution is 2.64. The van der Waals surface area contributed by atoms with Crippen LogP contribution >= 0.6 is 23.2 Å². The van der Waals surface area contributed by atoms with Crippen LogP contribution in [0.1, 0.15) is 58.3 Å². The zero-order valence-electron chi connectivity index (χ0n) is 14.0. The van der Waals surface area contributed by atoms with Crippen LogP contribution in [0.15, 0.2) is 0 Å². The van der Waals surface area contributed by atoms with Gasteiger partial charge in [-0.3, -0.25) is 0 Å². The number of halogens is 2. The van der Waals surface area contributed by atoms with Crippen molar-refractivity contribution in [2.75, 3.05) is 5.32 Å². The molecule has 1 aromatic rings. The molecule has 0 spiro atoms. The topological polar surface area (TPSA) is 59.9 Å². The molecule has 0 amide bonds. The van der Waals surface area contributed by atoms with Crippen LogP contribution in [0.2, 0.25) is 10.6 Å². The lowest BCUT2D eigenvalue weighted by molar-refractivity contribution is -0.0421. The fourth-order valence-electron chi connectivity index (χ4n) is 5.13. The van der Waals surface area contributed by atoms with Gasteiger partial charge in [-0.15, -0.1) is 0 Å². The SMILES string of the molecule is CCC1C2CCC(OC3CCCCC3)C12Nc1nc(Cl)nc(Cl)n1. The van der Waals surface area contributed by atoms with Crippen LogP contribution in [0.3, 0.4) is 0 Å². The third kappa shape index (κ3) is 2.89. The summed E-state index contributed by atoms with van der Waals surface area (Å²) in [7, 11) is 0. The number of hydrogen-bond donors (Lipinski definition) is 1. The molecule has 4 atom stereocenters. The summed E-state index contributed by atoms with van der Waals surface area (Å²) in [5.74, 6) is 1.71. The quantitative estimate of drug-likeness (QED) is 0.826. The van der Waals surface area contributed by atoms with Gasteiger partial charge in [0.2, 0.25) is 16.5 Å². The van der Waals surface area contributed by atoms with E-state index < -0.39 is 0 Å². The van der Waals surface area contributed by atoms with Gasteiger partial charge in [0.15, 0.2) is 0 Å². The second kappa shape index (κ2) is 6.58. The minimum atomic E-state index is -0.0553. The van der Waals surface area contributed by atoms with Crippen LogP contribution < -0.4 is 5.32 Å². The molecule has 0 aliphatic heterocycles. The van der Waals surface area contributed by atoms with Gasteiger partial charge in [0.25, 0.3) is 0 Å². The Kier molecular flexibility index (Phi) is 4.61. The summed E-state index contributed by atoms with van der Waals surface area (Å²) in [4.78, 5) is 12.3. The lowest BCUT2D eigenvalue weighted by Gasteiger charge is -2.32. The van der Waals surface area contributed by atoms with Gasteiger partial charge in [0, 0.05) is 0 Å². The molecule has 24 heavy (non-hydrogen) atoms. The van der Waals surface area contributed by atoms with Crippen LogP contribution in [0, 0.1) is 11.8 Å². The number of rotatable bonds is 5. The lowest BCUT2D eigenvalue weighted by atomic mass is 9.96. The first-order valence-corrected chi connectivity index (χ1v) is 9.89. The maximum absolute atomic E-state index is 6.57. The molecule has 0 aromatic carbocycles. The molecule has 1 N–H and O–H groups in total. The highest BCUT2D eigenvalue weighted by molar-refractivity contribution is 6.31. The first-order valence-electron chi connectivity index (χ1n) is 9.14. The maximum Gasteiger partial charge on any atom is 0.228 e. The summed E-state index contributed by atoms with van der Waals surface area (Å²) in [5, 5.41) is 3.81. The molecule has 0 radical (unpaired) electrons. The molecule has 5 nitrogen and oxygen atoms in total. The van der Waals surface area contributed by atoms with E-state index in [0.29, 0.717) is 23.9 Å². The van der Waals surface area contributed by atoms with Gasteiger partial charge in [-0.1, -0.05) is 32.6 Å². The molecule has 0 bridgehead atoms. The van der Waals surface area contributed by atoms with Crippen LogP contribution in [0.4, 0.5) is 5.95 Å². The number of aromatic nitrogens is 3. The van der Waals surface area contributed by atoms with E-state index in [1.54, 1.807) is 0 Å². The summed E-state index contributed by atoms with van der Waals surface area (Å²) in [6, 6.07) is 0. The van der Waals surface area contributed by atoms with Gasteiger partial charge in [0.1, 0.15) is 0 Å². The van der Waals surface area contributed by atoms with Gasteiger partial charge < -0.3 is 10.1 Å². The van der Waals surface area contributed by atoms with Crippen molar-refractivity contribution in [3.8, 4) is 0 Å². The van der Waals surface area contributed by atoms with E-state index in [9.17, 15) is 0 Å². The van der Waals surface area contributed by atoms with Crippen LogP contribution in [0.5, 0.6) is 0 Å². The summed E-state index contributed by atoms with van der Waals surface area (Å²) in [6.07, 6.45) is 10.4. The van der Waals surface area contributed by atoms with Crippen molar-refractivity contribution in [2.24, 2.45) is 11.8 Å². The number of nitrogens with one attached hydrogen (secondary N) is 1. The third-order valence-electron chi connectivity index (χ3n) is 6.13. The first kappa shape index (κ1) is 16.8. The third-order valence-corrected chi connectivity index (χ3v) is 6.47. The van der Waals surface area contributed by atoms with Gasteiger partial charge in [-0.2, -0.15) is 15.0 Å². The monoisotopic (exact) mass is 370 g/mol. The smallest absolute Gasteiger partial charge is 0.228 e. The molecular formula is C17H24Cl2N4O. The molecule has 132 valence electrons. The fraction of sp³-hybridized carbons (Fsp3) is 0.824. The lowest BCUT2D eigenvalue weighted by Crippen LogP contribution is -2.41. The highest BCUT2D eigenvalue weighted by Gasteiger charge is 2.71. The molecule has 4 rings (SSSR count). The Bertz CT molecular complexity index is 584. The average molecular weight is 371 g/mol. The zero-order valence-corrected chi connectivity index (χ0v) is 15.5. The Hall–Kier alpha value is -0.650. The number of anilines is 1. The van der Waals surface area contributed by atoms with Crippen LogP contribution in [-0.2, 0) is 4.74 Å². The largest absolute Gasteiger partial charge is 0.373 e. The number of hydrogen-bond acceptors (Lipinski definition) is 5. The van der Waals surface area contributed by atoms with Gasteiger partial charge >= 0.3 is 0 Å². The van der Waals surface area contributed by atoms with Gasteiger partial charge in [-0.25, -0.2) is 0 Å². The molecule has 3 aliphatic carbocycles. The average Bonchev–Trinajstić information content (AvgIpc) is 3.04. The summed E-state index contributed by atoms with van der Waals surface area (Å²) < 4.78 is 6.57. The molecule has 3 aliphatic rings. The van der Waals surface area contributed by atoms with Crippen LogP contribution in [-0.4, -0.2) is 32.7 Å². The van der Waals surface area contributed by atoms with Gasteiger partial charge in [-0.05, 0) is 60.7 Å². The zero-order chi connectivity index (χ0) is 16.7. The van der Waals surface area contributed by atoms with E-state index in [4.69, 9.17) is 27.9 Å². The summed E-state index contributed by atoms with van der Waals surface area (Å²) in [6.45, 7) is 2.25. The van der Waals surface area contributed by atoms with Crippen molar-refractivity contribution in [1.29, 1.82) is 0 Å². The summed E-state index contributed by atoms with van der Waals surface area (Å²) >= 11 is 11.9. The minimum Gasteiger partial charge on any atom is -0.373 e. The fourth-order valence-corrected chi connectivity index (χ4v) is 5.49. The summed E-state index contributed by atoms with van der Waals surface area (Å²) in [5.41, 5.74) is -0.0553. The highest BCUT2D eigenvalue weighted by atomic mass is 35.5. The van der Waals surface area contributed by atoms with E-state index in [-0.39, 0.29) is 22.2 Å². The van der Waals surface area contributed by atoms with Crippen molar-refractivity contribution in [3.05, 3.63) is 10.6 Å². The Labute approximate surface area is 152 Å². The number of nitrogens with zero attached hydrogens (tertiary/aromatic N) is 3. The van der Waals surface area contributed by atoms with E-state index in [2.05, 4.69) is 27.2 Å². The van der Waals surface area contributed by atoms with Gasteiger partial charge in [0.05, 0.1) is 17.7 Å². The maximum atomic E-state index is 6.57. The molecule has 1 aromatic heterocycles.